The Kier molecular flexibility index (Phi) is 8.82. The van der Waals surface area contributed by atoms with Gasteiger partial charge in [-0.3, -0.25) is 4.79 Å². The first-order chi connectivity index (χ1) is 10.8. The lowest BCUT2D eigenvalue weighted by Gasteiger charge is -2.22. The summed E-state index contributed by atoms with van der Waals surface area (Å²) in [4.78, 5) is 16.2. The van der Waals surface area contributed by atoms with Crippen LogP contribution in [0.1, 0.15) is 29.6 Å². The van der Waals surface area contributed by atoms with Crippen molar-refractivity contribution >= 4 is 30.7 Å². The zero-order chi connectivity index (χ0) is 15.2. The van der Waals surface area contributed by atoms with Gasteiger partial charge in [0.25, 0.3) is 5.91 Å². The van der Waals surface area contributed by atoms with E-state index >= 15 is 0 Å². The molecule has 1 saturated heterocycles. The van der Waals surface area contributed by atoms with Gasteiger partial charge in [0, 0.05) is 30.2 Å². The molecule has 5 nitrogen and oxygen atoms in total. The fourth-order valence-corrected chi connectivity index (χ4v) is 2.86. The molecule has 1 aromatic carbocycles. The molecule has 0 spiro atoms. The maximum absolute atomic E-state index is 12.1. The molecule has 7 heteroatoms. The minimum absolute atomic E-state index is 0. The standard InChI is InChI=1S/C17H22N4O.2ClH/c22-17(20-9-7-14-2-1-8-18-12-14)15-3-5-16(6-4-15)21-11-10-19-13-21;;/h3-6,10-11,13-14,18H,1-2,7-9,12H2,(H,20,22);2*1H. The molecule has 24 heavy (non-hydrogen) atoms. The summed E-state index contributed by atoms with van der Waals surface area (Å²) in [6.45, 7) is 2.95. The van der Waals surface area contributed by atoms with Crippen molar-refractivity contribution in [2.24, 2.45) is 5.92 Å². The van der Waals surface area contributed by atoms with E-state index in [1.807, 2.05) is 35.0 Å². The molecule has 1 aliphatic heterocycles. The highest BCUT2D eigenvalue weighted by Crippen LogP contribution is 2.13. The lowest BCUT2D eigenvalue weighted by atomic mass is 9.96. The number of imidazole rings is 1. The van der Waals surface area contributed by atoms with Gasteiger partial charge in [0.05, 0.1) is 6.33 Å². The van der Waals surface area contributed by atoms with Crippen molar-refractivity contribution in [3.05, 3.63) is 48.5 Å². The number of piperidine rings is 1. The normalized spacial score (nSPS) is 16.6. The number of hydrogen-bond donors (Lipinski definition) is 2. The first kappa shape index (κ1) is 20.5. The van der Waals surface area contributed by atoms with Crippen LogP contribution >= 0.6 is 24.8 Å². The van der Waals surface area contributed by atoms with Crippen LogP contribution in [0.25, 0.3) is 5.69 Å². The quantitative estimate of drug-likeness (QED) is 0.850. The second kappa shape index (κ2) is 10.3. The van der Waals surface area contributed by atoms with Crippen molar-refractivity contribution < 1.29 is 4.79 Å². The number of halogens is 2. The van der Waals surface area contributed by atoms with Crippen molar-refractivity contribution in [2.45, 2.75) is 19.3 Å². The second-order valence-corrected chi connectivity index (χ2v) is 5.77. The van der Waals surface area contributed by atoms with E-state index in [1.165, 1.54) is 12.8 Å². The summed E-state index contributed by atoms with van der Waals surface area (Å²) >= 11 is 0. The van der Waals surface area contributed by atoms with Gasteiger partial charge in [-0.05, 0) is 62.5 Å². The van der Waals surface area contributed by atoms with Crippen LogP contribution in [-0.4, -0.2) is 35.1 Å². The molecule has 2 aromatic rings. The maximum Gasteiger partial charge on any atom is 0.251 e. The fourth-order valence-electron chi connectivity index (χ4n) is 2.86. The molecule has 1 amide bonds. The Morgan fingerprint density at radius 1 is 1.29 bits per heavy atom. The van der Waals surface area contributed by atoms with Crippen LogP contribution in [0, 0.1) is 5.92 Å². The third-order valence-electron chi connectivity index (χ3n) is 4.17. The summed E-state index contributed by atoms with van der Waals surface area (Å²) in [5, 5.41) is 6.42. The minimum Gasteiger partial charge on any atom is -0.352 e. The Morgan fingerprint density at radius 3 is 2.71 bits per heavy atom. The topological polar surface area (TPSA) is 59.0 Å². The number of nitrogens with zero attached hydrogens (tertiary/aromatic N) is 2. The van der Waals surface area contributed by atoms with Gasteiger partial charge in [-0.2, -0.15) is 0 Å². The van der Waals surface area contributed by atoms with Crippen LogP contribution in [-0.2, 0) is 0 Å². The van der Waals surface area contributed by atoms with Crippen molar-refractivity contribution in [1.82, 2.24) is 20.2 Å². The van der Waals surface area contributed by atoms with Crippen molar-refractivity contribution in [2.75, 3.05) is 19.6 Å². The van der Waals surface area contributed by atoms with Crippen LogP contribution in [0.5, 0.6) is 0 Å². The first-order valence-corrected chi connectivity index (χ1v) is 7.90. The average molecular weight is 371 g/mol. The molecule has 1 unspecified atom stereocenters. The van der Waals surface area contributed by atoms with Crippen LogP contribution in [0.15, 0.2) is 43.0 Å². The number of carbonyl (C=O) groups is 1. The zero-order valence-corrected chi connectivity index (χ0v) is 15.1. The number of rotatable bonds is 5. The van der Waals surface area contributed by atoms with Crippen molar-refractivity contribution in [1.29, 1.82) is 0 Å². The van der Waals surface area contributed by atoms with Crippen LogP contribution < -0.4 is 10.6 Å². The van der Waals surface area contributed by atoms with Gasteiger partial charge >= 0.3 is 0 Å². The number of carbonyl (C=O) groups excluding carboxylic acids is 1. The van der Waals surface area contributed by atoms with E-state index in [-0.39, 0.29) is 30.7 Å². The van der Waals surface area contributed by atoms with Gasteiger partial charge in [-0.1, -0.05) is 0 Å². The molecule has 0 saturated carbocycles. The van der Waals surface area contributed by atoms with Crippen molar-refractivity contribution in [3.8, 4) is 5.69 Å². The van der Waals surface area contributed by atoms with Gasteiger partial charge in [0.15, 0.2) is 0 Å². The molecule has 2 N–H and O–H groups in total. The molecule has 0 radical (unpaired) electrons. The monoisotopic (exact) mass is 370 g/mol. The molecule has 0 aliphatic carbocycles. The van der Waals surface area contributed by atoms with Crippen LogP contribution in [0.3, 0.4) is 0 Å². The number of amides is 1. The van der Waals surface area contributed by atoms with E-state index in [0.29, 0.717) is 11.5 Å². The third-order valence-corrected chi connectivity index (χ3v) is 4.17. The SMILES string of the molecule is Cl.Cl.O=C(NCCC1CCCNC1)c1ccc(-n2ccnc2)cc1. The molecular weight excluding hydrogens is 347 g/mol. The molecule has 2 heterocycles. The van der Waals surface area contributed by atoms with Gasteiger partial charge < -0.3 is 15.2 Å². The van der Waals surface area contributed by atoms with Gasteiger partial charge in [0.1, 0.15) is 0 Å². The lowest BCUT2D eigenvalue weighted by Crippen LogP contribution is -2.33. The predicted octanol–water partition coefficient (Wildman–Crippen LogP) is 2.84. The molecule has 1 aliphatic rings. The van der Waals surface area contributed by atoms with E-state index in [4.69, 9.17) is 0 Å². The Bertz CT molecular complexity index is 596. The number of hydrogen-bond acceptors (Lipinski definition) is 3. The smallest absolute Gasteiger partial charge is 0.251 e. The molecule has 1 atom stereocenters. The summed E-state index contributed by atoms with van der Waals surface area (Å²) < 4.78 is 1.91. The highest BCUT2D eigenvalue weighted by molar-refractivity contribution is 5.94. The number of aromatic nitrogens is 2. The minimum atomic E-state index is 0. The molecule has 3 rings (SSSR count). The molecular formula is C17H24Cl2N4O. The maximum atomic E-state index is 12.1. The van der Waals surface area contributed by atoms with Crippen LogP contribution in [0.2, 0.25) is 0 Å². The third kappa shape index (κ3) is 5.51. The van der Waals surface area contributed by atoms with Gasteiger partial charge in [0.2, 0.25) is 0 Å². The Balaban J connectivity index is 0.00000144. The highest BCUT2D eigenvalue weighted by atomic mass is 35.5. The first-order valence-electron chi connectivity index (χ1n) is 7.90. The largest absolute Gasteiger partial charge is 0.352 e. The summed E-state index contributed by atoms with van der Waals surface area (Å²) in [7, 11) is 0. The van der Waals surface area contributed by atoms with E-state index in [2.05, 4.69) is 15.6 Å². The molecule has 0 bridgehead atoms. The van der Waals surface area contributed by atoms with E-state index in [1.54, 1.807) is 12.5 Å². The predicted molar refractivity (Wildman–Crippen MR) is 101 cm³/mol. The Hall–Kier alpha value is -1.56. The molecule has 1 aromatic heterocycles. The zero-order valence-electron chi connectivity index (χ0n) is 13.5. The molecule has 132 valence electrons. The van der Waals surface area contributed by atoms with Crippen LogP contribution in [0.4, 0.5) is 0 Å². The second-order valence-electron chi connectivity index (χ2n) is 5.77. The Morgan fingerprint density at radius 2 is 2.08 bits per heavy atom. The number of benzene rings is 1. The number of nitrogens with one attached hydrogen (secondary N) is 2. The van der Waals surface area contributed by atoms with E-state index in [9.17, 15) is 4.79 Å². The van der Waals surface area contributed by atoms with Gasteiger partial charge in [-0.15, -0.1) is 24.8 Å². The average Bonchev–Trinajstić information content (AvgIpc) is 3.10. The lowest BCUT2D eigenvalue weighted by molar-refractivity contribution is 0.0950. The van der Waals surface area contributed by atoms with Crippen molar-refractivity contribution in [3.63, 3.8) is 0 Å². The Labute approximate surface area is 155 Å². The summed E-state index contributed by atoms with van der Waals surface area (Å²) in [6.07, 6.45) is 8.92. The van der Waals surface area contributed by atoms with E-state index in [0.717, 1.165) is 31.7 Å². The summed E-state index contributed by atoms with van der Waals surface area (Å²) in [6, 6.07) is 7.57. The molecule has 1 fully saturated rings. The summed E-state index contributed by atoms with van der Waals surface area (Å²) in [5.41, 5.74) is 1.70. The van der Waals surface area contributed by atoms with Gasteiger partial charge in [-0.25, -0.2) is 4.98 Å². The highest BCUT2D eigenvalue weighted by Gasteiger charge is 2.13. The fraction of sp³-hybridized carbons (Fsp3) is 0.412. The van der Waals surface area contributed by atoms with E-state index < -0.39 is 0 Å². The summed E-state index contributed by atoms with van der Waals surface area (Å²) in [5.74, 6) is 0.693.